The van der Waals surface area contributed by atoms with Crippen LogP contribution in [0.3, 0.4) is 0 Å². The number of rotatable bonds is 2. The highest BCUT2D eigenvalue weighted by atomic mass is 32.2. The first kappa shape index (κ1) is 8.68. The van der Waals surface area contributed by atoms with Crippen molar-refractivity contribution >= 4 is 11.8 Å². The maximum Gasteiger partial charge on any atom is 0.0627 e. The van der Waals surface area contributed by atoms with Crippen LogP contribution in [0.5, 0.6) is 0 Å². The SMILES string of the molecule is C=C(N)SC1=C(C)CCNC1. The van der Waals surface area contributed by atoms with Crippen LogP contribution in [0, 0.1) is 0 Å². The molecular weight excluding hydrogens is 156 g/mol. The molecule has 3 heteroatoms. The Morgan fingerprint density at radius 2 is 2.45 bits per heavy atom. The maximum absolute atomic E-state index is 5.49. The summed E-state index contributed by atoms with van der Waals surface area (Å²) < 4.78 is 0. The number of thioether (sulfide) groups is 1. The Kier molecular flexibility index (Phi) is 3.02. The molecule has 0 saturated carbocycles. The van der Waals surface area contributed by atoms with E-state index in [-0.39, 0.29) is 0 Å². The second-order valence-electron chi connectivity index (χ2n) is 2.70. The molecular formula is C8H14N2S. The van der Waals surface area contributed by atoms with Crippen LogP contribution in [0.25, 0.3) is 0 Å². The van der Waals surface area contributed by atoms with E-state index in [0.717, 1.165) is 19.5 Å². The summed E-state index contributed by atoms with van der Waals surface area (Å²) in [6.45, 7) is 7.86. The van der Waals surface area contributed by atoms with E-state index < -0.39 is 0 Å². The van der Waals surface area contributed by atoms with Crippen LogP contribution in [-0.2, 0) is 0 Å². The average Bonchev–Trinajstić information content (AvgIpc) is 1.93. The quantitative estimate of drug-likeness (QED) is 0.658. The Labute approximate surface area is 71.9 Å². The number of hydrogen-bond acceptors (Lipinski definition) is 3. The predicted octanol–water partition coefficient (Wildman–Crippen LogP) is 1.42. The summed E-state index contributed by atoms with van der Waals surface area (Å²) in [6.07, 6.45) is 1.13. The molecule has 0 aromatic carbocycles. The van der Waals surface area contributed by atoms with Crippen LogP contribution in [0.1, 0.15) is 13.3 Å². The lowest BCUT2D eigenvalue weighted by molar-refractivity contribution is 0.697. The van der Waals surface area contributed by atoms with Crippen LogP contribution >= 0.6 is 11.8 Å². The largest absolute Gasteiger partial charge is 0.394 e. The summed E-state index contributed by atoms with van der Waals surface area (Å²) in [5.74, 6) is 0. The Morgan fingerprint density at radius 3 is 3.00 bits per heavy atom. The highest BCUT2D eigenvalue weighted by molar-refractivity contribution is 8.06. The highest BCUT2D eigenvalue weighted by Crippen LogP contribution is 2.26. The molecule has 1 rings (SSSR count). The molecule has 0 spiro atoms. The summed E-state index contributed by atoms with van der Waals surface area (Å²) in [6, 6.07) is 0. The fourth-order valence-corrected chi connectivity index (χ4v) is 1.82. The zero-order valence-electron chi connectivity index (χ0n) is 6.81. The second-order valence-corrected chi connectivity index (χ2v) is 3.92. The van der Waals surface area contributed by atoms with Crippen molar-refractivity contribution in [2.45, 2.75) is 13.3 Å². The molecule has 0 aromatic rings. The summed E-state index contributed by atoms with van der Waals surface area (Å²) in [5.41, 5.74) is 6.94. The van der Waals surface area contributed by atoms with E-state index in [1.165, 1.54) is 10.5 Å². The summed E-state index contributed by atoms with van der Waals surface area (Å²) in [7, 11) is 0. The van der Waals surface area contributed by atoms with Crippen LogP contribution in [-0.4, -0.2) is 13.1 Å². The van der Waals surface area contributed by atoms with Gasteiger partial charge >= 0.3 is 0 Å². The fraction of sp³-hybridized carbons (Fsp3) is 0.500. The molecule has 0 radical (unpaired) electrons. The van der Waals surface area contributed by atoms with Gasteiger partial charge in [0.15, 0.2) is 0 Å². The lowest BCUT2D eigenvalue weighted by Crippen LogP contribution is -2.23. The van der Waals surface area contributed by atoms with E-state index >= 15 is 0 Å². The standard InChI is InChI=1S/C8H14N2S/c1-6-3-4-10-5-8(6)11-7(2)9/h10H,2-5,9H2,1H3. The molecule has 1 aliphatic rings. The molecule has 1 heterocycles. The van der Waals surface area contributed by atoms with Gasteiger partial charge in [-0.15, -0.1) is 0 Å². The molecule has 3 N–H and O–H groups in total. The highest BCUT2D eigenvalue weighted by Gasteiger charge is 2.08. The van der Waals surface area contributed by atoms with Gasteiger partial charge in [0.1, 0.15) is 0 Å². The second kappa shape index (κ2) is 3.83. The predicted molar refractivity (Wildman–Crippen MR) is 51.1 cm³/mol. The summed E-state index contributed by atoms with van der Waals surface area (Å²) in [5, 5.41) is 3.98. The first-order valence-corrected chi connectivity index (χ1v) is 4.53. The van der Waals surface area contributed by atoms with Gasteiger partial charge < -0.3 is 11.1 Å². The Morgan fingerprint density at radius 1 is 1.73 bits per heavy atom. The van der Waals surface area contributed by atoms with E-state index in [9.17, 15) is 0 Å². The van der Waals surface area contributed by atoms with Gasteiger partial charge in [0.25, 0.3) is 0 Å². The van der Waals surface area contributed by atoms with Crippen LogP contribution in [0.4, 0.5) is 0 Å². The van der Waals surface area contributed by atoms with Crippen molar-refractivity contribution in [3.63, 3.8) is 0 Å². The molecule has 0 aromatic heterocycles. The van der Waals surface area contributed by atoms with Crippen LogP contribution in [0.2, 0.25) is 0 Å². The first-order chi connectivity index (χ1) is 5.20. The monoisotopic (exact) mass is 170 g/mol. The van der Waals surface area contributed by atoms with Gasteiger partial charge in [-0.1, -0.05) is 23.9 Å². The van der Waals surface area contributed by atoms with Gasteiger partial charge in [0.2, 0.25) is 0 Å². The Balaban J connectivity index is 2.59. The minimum Gasteiger partial charge on any atom is -0.394 e. The van der Waals surface area contributed by atoms with Crippen molar-refractivity contribution in [1.82, 2.24) is 5.32 Å². The smallest absolute Gasteiger partial charge is 0.0627 e. The Bertz CT molecular complexity index is 196. The van der Waals surface area contributed by atoms with Crippen LogP contribution in [0.15, 0.2) is 22.1 Å². The van der Waals surface area contributed by atoms with E-state index in [2.05, 4.69) is 18.8 Å². The minimum absolute atomic E-state index is 0.683. The Hall–Kier alpha value is -0.410. The van der Waals surface area contributed by atoms with Crippen molar-refractivity contribution in [2.24, 2.45) is 5.73 Å². The van der Waals surface area contributed by atoms with E-state index in [1.807, 2.05) is 0 Å². The van der Waals surface area contributed by atoms with Gasteiger partial charge in [-0.05, 0) is 19.9 Å². The molecule has 0 fully saturated rings. The lowest BCUT2D eigenvalue weighted by Gasteiger charge is -2.17. The molecule has 0 amide bonds. The minimum atomic E-state index is 0.683. The van der Waals surface area contributed by atoms with Gasteiger partial charge in [-0.3, -0.25) is 0 Å². The number of nitrogens with one attached hydrogen (secondary N) is 1. The molecule has 0 unspecified atom stereocenters. The third-order valence-corrected chi connectivity index (χ3v) is 2.69. The topological polar surface area (TPSA) is 38.0 Å². The van der Waals surface area contributed by atoms with E-state index in [4.69, 9.17) is 5.73 Å². The zero-order chi connectivity index (χ0) is 8.27. The molecule has 2 nitrogen and oxygen atoms in total. The average molecular weight is 170 g/mol. The van der Waals surface area contributed by atoms with Crippen molar-refractivity contribution in [3.8, 4) is 0 Å². The van der Waals surface area contributed by atoms with Crippen molar-refractivity contribution in [2.75, 3.05) is 13.1 Å². The lowest BCUT2D eigenvalue weighted by atomic mass is 10.1. The maximum atomic E-state index is 5.49. The summed E-state index contributed by atoms with van der Waals surface area (Å²) >= 11 is 1.58. The van der Waals surface area contributed by atoms with Crippen LogP contribution < -0.4 is 11.1 Å². The van der Waals surface area contributed by atoms with Crippen molar-refractivity contribution < 1.29 is 0 Å². The van der Waals surface area contributed by atoms with Gasteiger partial charge in [0, 0.05) is 11.4 Å². The van der Waals surface area contributed by atoms with Crippen molar-refractivity contribution in [3.05, 3.63) is 22.1 Å². The normalized spacial score (nSPS) is 18.6. The summed E-state index contributed by atoms with van der Waals surface area (Å²) in [4.78, 5) is 1.34. The van der Waals surface area contributed by atoms with Gasteiger partial charge in [-0.25, -0.2) is 0 Å². The third kappa shape index (κ3) is 2.60. The fourth-order valence-electron chi connectivity index (χ4n) is 1.05. The molecule has 1 aliphatic heterocycles. The van der Waals surface area contributed by atoms with E-state index in [1.54, 1.807) is 11.8 Å². The molecule has 0 aliphatic carbocycles. The molecule has 0 atom stereocenters. The molecule has 62 valence electrons. The molecule has 0 saturated heterocycles. The number of nitrogens with two attached hydrogens (primary N) is 1. The number of hydrogen-bond donors (Lipinski definition) is 2. The van der Waals surface area contributed by atoms with Crippen molar-refractivity contribution in [1.29, 1.82) is 0 Å². The van der Waals surface area contributed by atoms with Gasteiger partial charge in [0.05, 0.1) is 5.03 Å². The zero-order valence-corrected chi connectivity index (χ0v) is 7.63. The molecule has 11 heavy (non-hydrogen) atoms. The van der Waals surface area contributed by atoms with E-state index in [0.29, 0.717) is 5.03 Å². The first-order valence-electron chi connectivity index (χ1n) is 3.71. The van der Waals surface area contributed by atoms with Gasteiger partial charge in [-0.2, -0.15) is 0 Å². The third-order valence-electron chi connectivity index (χ3n) is 1.69. The molecule has 0 bridgehead atoms.